The molecule has 0 radical (unpaired) electrons. The summed E-state index contributed by atoms with van der Waals surface area (Å²) in [5.41, 5.74) is -0.369. The zero-order valence-corrected chi connectivity index (χ0v) is 18.1. The van der Waals surface area contributed by atoms with Crippen molar-refractivity contribution in [2.45, 2.75) is 43.0 Å². The van der Waals surface area contributed by atoms with Crippen LogP contribution in [0.4, 0.5) is 0 Å². The second-order valence-electron chi connectivity index (χ2n) is 7.69. The van der Waals surface area contributed by atoms with Crippen LogP contribution in [0, 0.1) is 6.92 Å². The molecule has 0 atom stereocenters. The molecule has 8 heteroatoms. The van der Waals surface area contributed by atoms with Crippen molar-refractivity contribution in [2.24, 2.45) is 0 Å². The first kappa shape index (κ1) is 21.6. The molecule has 158 valence electrons. The first-order chi connectivity index (χ1) is 14.1. The third-order valence-corrected chi connectivity index (χ3v) is 6.13. The lowest BCUT2D eigenvalue weighted by Crippen LogP contribution is -2.27. The van der Waals surface area contributed by atoms with Gasteiger partial charge in [-0.05, 0) is 52.0 Å². The van der Waals surface area contributed by atoms with Crippen LogP contribution < -0.4 is 9.47 Å². The first-order valence-corrected chi connectivity index (χ1v) is 10.9. The Kier molecular flexibility index (Phi) is 5.98. The maximum atomic E-state index is 13.3. The molecule has 0 spiro atoms. The average Bonchev–Trinajstić information content (AvgIpc) is 3.05. The van der Waals surface area contributed by atoms with Crippen molar-refractivity contribution in [3.63, 3.8) is 0 Å². The van der Waals surface area contributed by atoms with Crippen molar-refractivity contribution in [1.82, 2.24) is 9.78 Å². The Balaban J connectivity index is 1.99. The third-order valence-electron chi connectivity index (χ3n) is 4.23. The number of para-hydroxylation sites is 1. The highest BCUT2D eigenvalue weighted by molar-refractivity contribution is 7.91. The number of aryl methyl sites for hydroxylation is 1. The monoisotopic (exact) mass is 428 g/mol. The van der Waals surface area contributed by atoms with Crippen molar-refractivity contribution in [3.8, 4) is 11.6 Å². The van der Waals surface area contributed by atoms with Gasteiger partial charge in [-0.2, -0.15) is 5.10 Å². The highest BCUT2D eigenvalue weighted by atomic mass is 32.2. The second kappa shape index (κ2) is 8.31. The lowest BCUT2D eigenvalue weighted by Gasteiger charge is -2.22. The van der Waals surface area contributed by atoms with Gasteiger partial charge in [0.2, 0.25) is 15.7 Å². The number of benzene rings is 2. The minimum absolute atomic E-state index is 0.0967. The number of sulfone groups is 1. The predicted octanol–water partition coefficient (Wildman–Crippen LogP) is 3.76. The van der Waals surface area contributed by atoms with Crippen LogP contribution in [-0.4, -0.2) is 30.8 Å². The molecule has 0 N–H and O–H groups in total. The molecule has 0 aliphatic carbocycles. The van der Waals surface area contributed by atoms with Crippen molar-refractivity contribution >= 4 is 15.8 Å². The Labute approximate surface area is 176 Å². The van der Waals surface area contributed by atoms with E-state index in [1.165, 1.54) is 16.8 Å². The van der Waals surface area contributed by atoms with E-state index in [1.807, 2.05) is 26.8 Å². The quantitative estimate of drug-likeness (QED) is 0.556. The van der Waals surface area contributed by atoms with E-state index < -0.39 is 21.3 Å². The summed E-state index contributed by atoms with van der Waals surface area (Å²) in [5.74, 6) is -0.341. The summed E-state index contributed by atoms with van der Waals surface area (Å²) >= 11 is 0. The van der Waals surface area contributed by atoms with Crippen molar-refractivity contribution in [1.29, 1.82) is 0 Å². The molecule has 0 fully saturated rings. The van der Waals surface area contributed by atoms with E-state index in [0.717, 1.165) is 0 Å². The largest absolute Gasteiger partial charge is 0.482 e. The van der Waals surface area contributed by atoms with E-state index in [1.54, 1.807) is 49.4 Å². The van der Waals surface area contributed by atoms with E-state index >= 15 is 0 Å². The van der Waals surface area contributed by atoms with Crippen molar-refractivity contribution < 1.29 is 22.7 Å². The summed E-state index contributed by atoms with van der Waals surface area (Å²) in [6.45, 7) is 6.74. The van der Waals surface area contributed by atoms with Crippen LogP contribution in [0.5, 0.6) is 11.6 Å². The molecule has 0 saturated carbocycles. The Bertz CT molecular complexity index is 1130. The van der Waals surface area contributed by atoms with Gasteiger partial charge in [-0.1, -0.05) is 36.4 Å². The molecule has 2 aromatic carbocycles. The molecule has 0 aliphatic rings. The maximum Gasteiger partial charge on any atom is 0.350 e. The average molecular weight is 429 g/mol. The summed E-state index contributed by atoms with van der Waals surface area (Å²) < 4.78 is 39.0. The molecule has 0 saturated heterocycles. The Morgan fingerprint density at radius 1 is 1.00 bits per heavy atom. The van der Waals surface area contributed by atoms with Crippen molar-refractivity contribution in [3.05, 3.63) is 66.4 Å². The van der Waals surface area contributed by atoms with Gasteiger partial charge in [0.15, 0.2) is 11.5 Å². The Morgan fingerprint density at radius 3 is 2.13 bits per heavy atom. The van der Waals surface area contributed by atoms with Gasteiger partial charge in [-0.25, -0.2) is 17.9 Å². The summed E-state index contributed by atoms with van der Waals surface area (Å²) in [6, 6.07) is 16.8. The topological polar surface area (TPSA) is 87.5 Å². The fourth-order valence-corrected chi connectivity index (χ4v) is 4.40. The smallest absolute Gasteiger partial charge is 0.350 e. The maximum absolute atomic E-state index is 13.3. The number of rotatable bonds is 6. The molecule has 3 rings (SSSR count). The molecule has 0 bridgehead atoms. The second-order valence-corrected chi connectivity index (χ2v) is 9.58. The molecule has 0 aliphatic heterocycles. The fourth-order valence-electron chi connectivity index (χ4n) is 2.86. The first-order valence-electron chi connectivity index (χ1n) is 9.39. The minimum Gasteiger partial charge on any atom is -0.482 e. The van der Waals surface area contributed by atoms with Crippen LogP contribution in [0.1, 0.15) is 26.5 Å². The van der Waals surface area contributed by atoms with Crippen LogP contribution in [0.25, 0.3) is 0 Å². The molecule has 7 nitrogen and oxygen atoms in total. The summed E-state index contributed by atoms with van der Waals surface area (Å²) in [4.78, 5) is 12.5. The lowest BCUT2D eigenvalue weighted by atomic mass is 10.1. The number of ether oxygens (including phenoxy) is 2. The van der Waals surface area contributed by atoms with Crippen molar-refractivity contribution in [2.75, 3.05) is 6.61 Å². The Hall–Kier alpha value is -3.13. The standard InChI is InChI=1S/C22H24N2O5S/c1-16-20(30(26,27)18-13-9-6-10-14-18)21(24(23-16)22(2,3)4)29-19(25)15-28-17-11-7-5-8-12-17/h5-14H,15H2,1-4H3. The zero-order valence-electron chi connectivity index (χ0n) is 17.3. The third kappa shape index (κ3) is 4.54. The van der Waals surface area contributed by atoms with Crippen LogP contribution >= 0.6 is 0 Å². The Morgan fingerprint density at radius 2 is 1.57 bits per heavy atom. The lowest BCUT2D eigenvalue weighted by molar-refractivity contribution is -0.137. The predicted molar refractivity (Wildman–Crippen MR) is 111 cm³/mol. The van der Waals surface area contributed by atoms with E-state index in [2.05, 4.69) is 5.10 Å². The van der Waals surface area contributed by atoms with Gasteiger partial charge in [0.1, 0.15) is 5.75 Å². The van der Waals surface area contributed by atoms with E-state index in [-0.39, 0.29) is 28.0 Å². The molecular formula is C22H24N2O5S. The number of aromatic nitrogens is 2. The number of carbonyl (C=O) groups is 1. The fraction of sp³-hybridized carbons (Fsp3) is 0.273. The number of hydrogen-bond acceptors (Lipinski definition) is 6. The zero-order chi connectivity index (χ0) is 21.9. The van der Waals surface area contributed by atoms with E-state index in [9.17, 15) is 13.2 Å². The number of hydrogen-bond donors (Lipinski definition) is 0. The van der Waals surface area contributed by atoms with Gasteiger partial charge in [-0.15, -0.1) is 0 Å². The van der Waals surface area contributed by atoms with Gasteiger partial charge < -0.3 is 9.47 Å². The van der Waals surface area contributed by atoms with E-state index in [0.29, 0.717) is 5.75 Å². The van der Waals surface area contributed by atoms with Gasteiger partial charge >= 0.3 is 5.97 Å². The highest BCUT2D eigenvalue weighted by Crippen LogP contribution is 2.35. The summed E-state index contributed by atoms with van der Waals surface area (Å²) in [6.07, 6.45) is 0. The molecule has 30 heavy (non-hydrogen) atoms. The molecule has 1 aromatic heterocycles. The van der Waals surface area contributed by atoms with Crippen LogP contribution in [-0.2, 0) is 20.2 Å². The van der Waals surface area contributed by atoms with Crippen LogP contribution in [0.3, 0.4) is 0 Å². The summed E-state index contributed by atoms with van der Waals surface area (Å²) in [7, 11) is -3.95. The SMILES string of the molecule is Cc1nn(C(C)(C)C)c(OC(=O)COc2ccccc2)c1S(=O)(=O)c1ccccc1. The number of nitrogens with zero attached hydrogens (tertiary/aromatic N) is 2. The van der Waals surface area contributed by atoms with Gasteiger partial charge in [0.05, 0.1) is 16.1 Å². The van der Waals surface area contributed by atoms with Gasteiger partial charge in [0, 0.05) is 0 Å². The summed E-state index contributed by atoms with van der Waals surface area (Å²) in [5, 5.41) is 4.36. The number of carbonyl (C=O) groups excluding carboxylic acids is 1. The molecular weight excluding hydrogens is 404 g/mol. The molecule has 0 unspecified atom stereocenters. The molecule has 3 aromatic rings. The highest BCUT2D eigenvalue weighted by Gasteiger charge is 2.34. The molecule has 0 amide bonds. The van der Waals surface area contributed by atoms with Crippen LogP contribution in [0.2, 0.25) is 0 Å². The molecule has 1 heterocycles. The van der Waals surface area contributed by atoms with E-state index in [4.69, 9.17) is 9.47 Å². The van der Waals surface area contributed by atoms with Gasteiger partial charge in [0.25, 0.3) is 0 Å². The normalized spacial score (nSPS) is 11.9. The number of esters is 1. The minimum atomic E-state index is -3.95. The van der Waals surface area contributed by atoms with Gasteiger partial charge in [-0.3, -0.25) is 0 Å². The van der Waals surface area contributed by atoms with Crippen LogP contribution in [0.15, 0.2) is 70.5 Å².